The quantitative estimate of drug-likeness (QED) is 0.368. The summed E-state index contributed by atoms with van der Waals surface area (Å²) in [5.41, 5.74) is 7.30. The first-order valence-electron chi connectivity index (χ1n) is 10.1. The second-order valence-corrected chi connectivity index (χ2v) is 7.43. The van der Waals surface area contributed by atoms with E-state index in [2.05, 4.69) is 33.2 Å². The average molecular weight is 404 g/mol. The van der Waals surface area contributed by atoms with Crippen LogP contribution in [0.25, 0.3) is 33.5 Å². The van der Waals surface area contributed by atoms with Gasteiger partial charge in [0, 0.05) is 11.1 Å². The van der Waals surface area contributed by atoms with Gasteiger partial charge in [0.2, 0.25) is 0 Å². The van der Waals surface area contributed by atoms with Gasteiger partial charge in [-0.15, -0.1) is 0 Å². The molecule has 0 amide bonds. The van der Waals surface area contributed by atoms with Gasteiger partial charge in [-0.2, -0.15) is 0 Å². The zero-order valence-electron chi connectivity index (χ0n) is 17.1. The number of imidazole rings is 1. The highest BCUT2D eigenvalue weighted by molar-refractivity contribution is 5.96. The SMILES string of the molecule is CC(=O)c1ccc(-c2ccccc2-c2ncnc3c2ncn3Cc2ccccc2)cc1. The molecule has 0 unspecified atom stereocenters. The van der Waals surface area contributed by atoms with Crippen LogP contribution in [0.2, 0.25) is 0 Å². The number of hydrogen-bond donors (Lipinski definition) is 0. The minimum atomic E-state index is 0.0568. The molecule has 0 aliphatic rings. The van der Waals surface area contributed by atoms with Gasteiger partial charge in [-0.05, 0) is 23.6 Å². The minimum Gasteiger partial charge on any atom is -0.311 e. The number of ketones is 1. The van der Waals surface area contributed by atoms with E-state index in [1.165, 1.54) is 5.56 Å². The van der Waals surface area contributed by atoms with Crippen LogP contribution in [-0.2, 0) is 6.54 Å². The van der Waals surface area contributed by atoms with Crippen molar-refractivity contribution < 1.29 is 4.79 Å². The fraction of sp³-hybridized carbons (Fsp3) is 0.0769. The van der Waals surface area contributed by atoms with Crippen LogP contribution in [-0.4, -0.2) is 25.3 Å². The van der Waals surface area contributed by atoms with E-state index in [9.17, 15) is 4.79 Å². The van der Waals surface area contributed by atoms with Gasteiger partial charge in [0.25, 0.3) is 0 Å². The van der Waals surface area contributed by atoms with E-state index in [4.69, 9.17) is 0 Å². The number of Topliss-reactive ketones (excluding diaryl/α,β-unsaturated/α-hetero) is 1. The first-order chi connectivity index (χ1) is 15.2. The number of rotatable bonds is 5. The van der Waals surface area contributed by atoms with Gasteiger partial charge in [0.15, 0.2) is 11.4 Å². The van der Waals surface area contributed by atoms with Gasteiger partial charge in [0.05, 0.1) is 12.9 Å². The van der Waals surface area contributed by atoms with Gasteiger partial charge in [0.1, 0.15) is 17.5 Å². The smallest absolute Gasteiger partial charge is 0.164 e. The Morgan fingerprint density at radius 1 is 0.806 bits per heavy atom. The van der Waals surface area contributed by atoms with Crippen molar-refractivity contribution in [3.63, 3.8) is 0 Å². The van der Waals surface area contributed by atoms with E-state index >= 15 is 0 Å². The summed E-state index contributed by atoms with van der Waals surface area (Å²) >= 11 is 0. The molecule has 5 rings (SSSR count). The van der Waals surface area contributed by atoms with Crippen LogP contribution in [0.3, 0.4) is 0 Å². The van der Waals surface area contributed by atoms with Crippen LogP contribution in [0.15, 0.2) is 91.5 Å². The molecular weight excluding hydrogens is 384 g/mol. The number of fused-ring (bicyclic) bond motifs is 1. The minimum absolute atomic E-state index is 0.0568. The molecule has 5 aromatic rings. The number of hydrogen-bond acceptors (Lipinski definition) is 4. The van der Waals surface area contributed by atoms with Gasteiger partial charge in [-0.25, -0.2) is 15.0 Å². The Hall–Kier alpha value is -4.12. The zero-order valence-corrected chi connectivity index (χ0v) is 17.1. The highest BCUT2D eigenvalue weighted by Gasteiger charge is 2.15. The fourth-order valence-corrected chi connectivity index (χ4v) is 3.80. The Kier molecular flexibility index (Phi) is 4.84. The summed E-state index contributed by atoms with van der Waals surface area (Å²) in [6, 6.07) is 26.0. The molecule has 0 radical (unpaired) electrons. The molecule has 0 aliphatic heterocycles. The largest absolute Gasteiger partial charge is 0.311 e. The normalized spacial score (nSPS) is 11.0. The standard InChI is InChI=1S/C26H20N4O/c1-18(31)20-11-13-21(14-12-20)22-9-5-6-10-23(22)24-25-26(28-16-27-24)30(17-29-25)15-19-7-3-2-4-8-19/h2-14,16-17H,15H2,1H3. The molecule has 31 heavy (non-hydrogen) atoms. The molecule has 0 bridgehead atoms. The molecular formula is C26H20N4O. The van der Waals surface area contributed by atoms with Crippen molar-refractivity contribution in [2.75, 3.05) is 0 Å². The number of carbonyl (C=O) groups is 1. The second-order valence-electron chi connectivity index (χ2n) is 7.43. The second kappa shape index (κ2) is 7.95. The summed E-state index contributed by atoms with van der Waals surface area (Å²) in [4.78, 5) is 25.4. The fourth-order valence-electron chi connectivity index (χ4n) is 3.80. The number of nitrogens with zero attached hydrogens (tertiary/aromatic N) is 4. The Bertz CT molecular complexity index is 1370. The van der Waals surface area contributed by atoms with Crippen molar-refractivity contribution in [1.29, 1.82) is 0 Å². The Balaban J connectivity index is 1.60. The van der Waals surface area contributed by atoms with Crippen LogP contribution in [0.5, 0.6) is 0 Å². The summed E-state index contributed by atoms with van der Waals surface area (Å²) in [6.45, 7) is 2.27. The molecule has 0 spiro atoms. The lowest BCUT2D eigenvalue weighted by molar-refractivity contribution is 0.101. The first-order valence-corrected chi connectivity index (χ1v) is 10.1. The topological polar surface area (TPSA) is 60.7 Å². The van der Waals surface area contributed by atoms with Crippen molar-refractivity contribution in [2.45, 2.75) is 13.5 Å². The molecule has 0 fully saturated rings. The monoisotopic (exact) mass is 404 g/mol. The maximum Gasteiger partial charge on any atom is 0.164 e. The molecule has 150 valence electrons. The average Bonchev–Trinajstić information content (AvgIpc) is 3.23. The first kappa shape index (κ1) is 18.9. The number of benzene rings is 3. The van der Waals surface area contributed by atoms with E-state index in [0.717, 1.165) is 33.5 Å². The van der Waals surface area contributed by atoms with Crippen molar-refractivity contribution in [3.8, 4) is 22.4 Å². The maximum absolute atomic E-state index is 11.6. The van der Waals surface area contributed by atoms with Crippen LogP contribution in [0, 0.1) is 0 Å². The van der Waals surface area contributed by atoms with E-state index in [-0.39, 0.29) is 5.78 Å². The summed E-state index contributed by atoms with van der Waals surface area (Å²) in [7, 11) is 0. The predicted octanol–water partition coefficient (Wildman–Crippen LogP) is 5.41. The summed E-state index contributed by atoms with van der Waals surface area (Å²) in [6.07, 6.45) is 3.41. The van der Waals surface area contributed by atoms with E-state index < -0.39 is 0 Å². The molecule has 2 aromatic heterocycles. The lowest BCUT2D eigenvalue weighted by Gasteiger charge is -2.10. The Morgan fingerprint density at radius 3 is 2.26 bits per heavy atom. The Morgan fingerprint density at radius 2 is 1.52 bits per heavy atom. The van der Waals surface area contributed by atoms with Crippen molar-refractivity contribution in [2.24, 2.45) is 0 Å². The Labute approximate surface area is 180 Å². The molecule has 0 atom stereocenters. The van der Waals surface area contributed by atoms with E-state index in [0.29, 0.717) is 12.1 Å². The third kappa shape index (κ3) is 3.62. The van der Waals surface area contributed by atoms with Crippen molar-refractivity contribution in [3.05, 3.63) is 103 Å². The summed E-state index contributed by atoms with van der Waals surface area (Å²) in [5, 5.41) is 0. The lowest BCUT2D eigenvalue weighted by Crippen LogP contribution is -2.00. The highest BCUT2D eigenvalue weighted by Crippen LogP contribution is 2.34. The van der Waals surface area contributed by atoms with Crippen molar-refractivity contribution >= 4 is 16.9 Å². The molecule has 2 heterocycles. The van der Waals surface area contributed by atoms with Gasteiger partial charge in [-0.1, -0.05) is 78.9 Å². The molecule has 5 nitrogen and oxygen atoms in total. The molecule has 0 aliphatic carbocycles. The van der Waals surface area contributed by atoms with E-state index in [1.54, 1.807) is 13.3 Å². The third-order valence-corrected chi connectivity index (χ3v) is 5.38. The third-order valence-electron chi connectivity index (χ3n) is 5.38. The summed E-state index contributed by atoms with van der Waals surface area (Å²) < 4.78 is 2.04. The molecule has 0 saturated carbocycles. The molecule has 3 aromatic carbocycles. The van der Waals surface area contributed by atoms with Crippen LogP contribution in [0.4, 0.5) is 0 Å². The number of aromatic nitrogens is 4. The van der Waals surface area contributed by atoms with Gasteiger partial charge < -0.3 is 4.57 Å². The van der Waals surface area contributed by atoms with Gasteiger partial charge in [-0.3, -0.25) is 4.79 Å². The van der Waals surface area contributed by atoms with Crippen molar-refractivity contribution in [1.82, 2.24) is 19.5 Å². The number of carbonyl (C=O) groups excluding carboxylic acids is 1. The molecule has 0 saturated heterocycles. The van der Waals surface area contributed by atoms with Gasteiger partial charge >= 0.3 is 0 Å². The predicted molar refractivity (Wildman–Crippen MR) is 122 cm³/mol. The molecule has 0 N–H and O–H groups in total. The molecule has 5 heteroatoms. The van der Waals surface area contributed by atoms with Crippen LogP contribution >= 0.6 is 0 Å². The van der Waals surface area contributed by atoms with E-state index in [1.807, 2.05) is 71.6 Å². The lowest BCUT2D eigenvalue weighted by atomic mass is 9.96. The highest BCUT2D eigenvalue weighted by atomic mass is 16.1. The zero-order chi connectivity index (χ0) is 21.2. The summed E-state index contributed by atoms with van der Waals surface area (Å²) in [5.74, 6) is 0.0568. The van der Waals surface area contributed by atoms with Crippen LogP contribution < -0.4 is 0 Å². The van der Waals surface area contributed by atoms with Crippen LogP contribution in [0.1, 0.15) is 22.8 Å². The maximum atomic E-state index is 11.6.